The maximum atomic E-state index is 11.9. The molecule has 0 spiro atoms. The highest BCUT2D eigenvalue weighted by molar-refractivity contribution is 5.92. The van der Waals surface area contributed by atoms with Gasteiger partial charge in [-0.05, 0) is 12.1 Å². The van der Waals surface area contributed by atoms with E-state index in [4.69, 9.17) is 9.15 Å². The van der Waals surface area contributed by atoms with Crippen LogP contribution in [0.2, 0.25) is 0 Å². The van der Waals surface area contributed by atoms with Crippen molar-refractivity contribution in [3.8, 4) is 0 Å². The molecule has 1 aliphatic rings. The Bertz CT molecular complexity index is 400. The lowest BCUT2D eigenvalue weighted by Gasteiger charge is -2.30. The molecule has 0 aromatic carbocycles. The molecule has 1 aromatic rings. The number of carbonyl (C=O) groups is 2. The first-order chi connectivity index (χ1) is 8.22. The number of morpholine rings is 1. The molecular weight excluding hydrogens is 226 g/mol. The Labute approximate surface area is 98.1 Å². The van der Waals surface area contributed by atoms with E-state index in [1.807, 2.05) is 0 Å². The molecule has 0 bridgehead atoms. The van der Waals surface area contributed by atoms with Crippen molar-refractivity contribution in [3.63, 3.8) is 0 Å². The molecule has 0 aliphatic carbocycles. The normalized spacial score (nSPS) is 20.1. The van der Waals surface area contributed by atoms with Crippen molar-refractivity contribution in [3.05, 3.63) is 24.2 Å². The molecule has 1 fully saturated rings. The minimum absolute atomic E-state index is 0.187. The van der Waals surface area contributed by atoms with Crippen LogP contribution in [-0.4, -0.2) is 49.7 Å². The predicted octanol–water partition coefficient (Wildman–Crippen LogP) is 0.294. The summed E-state index contributed by atoms with van der Waals surface area (Å²) in [5, 5.41) is 0. The molecule has 1 atom stereocenters. The van der Waals surface area contributed by atoms with Crippen LogP contribution in [0.4, 0.5) is 0 Å². The van der Waals surface area contributed by atoms with Gasteiger partial charge in [-0.1, -0.05) is 0 Å². The molecule has 1 aromatic heterocycles. The second-order valence-corrected chi connectivity index (χ2v) is 3.61. The van der Waals surface area contributed by atoms with E-state index in [1.165, 1.54) is 18.3 Å². The molecule has 0 saturated carbocycles. The smallest absolute Gasteiger partial charge is 0.336 e. The van der Waals surface area contributed by atoms with Crippen LogP contribution in [0.25, 0.3) is 0 Å². The monoisotopic (exact) mass is 239 g/mol. The van der Waals surface area contributed by atoms with E-state index in [2.05, 4.69) is 4.74 Å². The molecule has 2 heterocycles. The fraction of sp³-hybridized carbons (Fsp3) is 0.455. The number of nitrogens with zero attached hydrogens (tertiary/aromatic N) is 1. The molecule has 0 radical (unpaired) electrons. The number of methoxy groups -OCH3 is 1. The van der Waals surface area contributed by atoms with Gasteiger partial charge < -0.3 is 18.8 Å². The standard InChI is InChI=1S/C11H13NO5/c1-15-11(14)9-7-12(4-6-17-9)10(13)8-3-2-5-16-8/h2-3,5,9H,4,6-7H2,1H3. The maximum absolute atomic E-state index is 11.9. The summed E-state index contributed by atoms with van der Waals surface area (Å²) in [7, 11) is 1.29. The third-order valence-electron chi connectivity index (χ3n) is 2.55. The maximum Gasteiger partial charge on any atom is 0.336 e. The van der Waals surface area contributed by atoms with Crippen LogP contribution in [0, 0.1) is 0 Å². The van der Waals surface area contributed by atoms with Gasteiger partial charge in [0, 0.05) is 6.54 Å². The van der Waals surface area contributed by atoms with Gasteiger partial charge in [-0.2, -0.15) is 0 Å². The van der Waals surface area contributed by atoms with Crippen LogP contribution in [0.1, 0.15) is 10.6 Å². The quantitative estimate of drug-likeness (QED) is 0.694. The van der Waals surface area contributed by atoms with Gasteiger partial charge in [-0.25, -0.2) is 4.79 Å². The number of ether oxygens (including phenoxy) is 2. The molecule has 1 aliphatic heterocycles. The zero-order valence-electron chi connectivity index (χ0n) is 9.42. The second kappa shape index (κ2) is 5.01. The number of furan rings is 1. The number of esters is 1. The number of amides is 1. The van der Waals surface area contributed by atoms with Gasteiger partial charge in [0.05, 0.1) is 26.5 Å². The summed E-state index contributed by atoms with van der Waals surface area (Å²) in [5.74, 6) is -0.454. The van der Waals surface area contributed by atoms with Crippen molar-refractivity contribution < 1.29 is 23.5 Å². The highest BCUT2D eigenvalue weighted by Crippen LogP contribution is 2.11. The van der Waals surface area contributed by atoms with Crippen LogP contribution in [0.3, 0.4) is 0 Å². The molecular formula is C11H13NO5. The van der Waals surface area contributed by atoms with Gasteiger partial charge in [0.15, 0.2) is 11.9 Å². The number of rotatable bonds is 2. The molecule has 6 nitrogen and oxygen atoms in total. The fourth-order valence-corrected chi connectivity index (χ4v) is 1.66. The van der Waals surface area contributed by atoms with Gasteiger partial charge in [-0.15, -0.1) is 0 Å². The Kier molecular flexibility index (Phi) is 3.43. The van der Waals surface area contributed by atoms with E-state index in [1.54, 1.807) is 12.1 Å². The third-order valence-corrected chi connectivity index (χ3v) is 2.55. The van der Waals surface area contributed by atoms with Crippen LogP contribution >= 0.6 is 0 Å². The van der Waals surface area contributed by atoms with E-state index in [9.17, 15) is 9.59 Å². The molecule has 6 heteroatoms. The highest BCUT2D eigenvalue weighted by atomic mass is 16.6. The van der Waals surface area contributed by atoms with E-state index < -0.39 is 12.1 Å². The Morgan fingerprint density at radius 1 is 1.53 bits per heavy atom. The molecule has 1 amide bonds. The third kappa shape index (κ3) is 2.47. The fourth-order valence-electron chi connectivity index (χ4n) is 1.66. The van der Waals surface area contributed by atoms with E-state index in [0.717, 1.165) is 0 Å². The van der Waals surface area contributed by atoms with Gasteiger partial charge in [-0.3, -0.25) is 4.79 Å². The predicted molar refractivity (Wildman–Crippen MR) is 56.4 cm³/mol. The van der Waals surface area contributed by atoms with Gasteiger partial charge in [0.1, 0.15) is 0 Å². The molecule has 17 heavy (non-hydrogen) atoms. The minimum Gasteiger partial charge on any atom is -0.467 e. The largest absolute Gasteiger partial charge is 0.467 e. The Morgan fingerprint density at radius 2 is 2.35 bits per heavy atom. The first kappa shape index (κ1) is 11.7. The first-order valence-corrected chi connectivity index (χ1v) is 5.24. The van der Waals surface area contributed by atoms with Gasteiger partial charge >= 0.3 is 5.97 Å². The summed E-state index contributed by atoms with van der Waals surface area (Å²) >= 11 is 0. The number of hydrogen-bond donors (Lipinski definition) is 0. The lowest BCUT2D eigenvalue weighted by Crippen LogP contribution is -2.48. The number of hydrogen-bond acceptors (Lipinski definition) is 5. The molecule has 0 N–H and O–H groups in total. The number of carbonyl (C=O) groups excluding carboxylic acids is 2. The lowest BCUT2D eigenvalue weighted by molar-refractivity contribution is -0.158. The zero-order chi connectivity index (χ0) is 12.3. The average Bonchev–Trinajstić information content (AvgIpc) is 2.91. The topological polar surface area (TPSA) is 69.0 Å². The first-order valence-electron chi connectivity index (χ1n) is 5.24. The second-order valence-electron chi connectivity index (χ2n) is 3.61. The Morgan fingerprint density at radius 3 is 3.00 bits per heavy atom. The van der Waals surface area contributed by atoms with Crippen molar-refractivity contribution in [1.29, 1.82) is 0 Å². The van der Waals surface area contributed by atoms with E-state index in [-0.39, 0.29) is 18.2 Å². The van der Waals surface area contributed by atoms with Crippen molar-refractivity contribution in [2.24, 2.45) is 0 Å². The average molecular weight is 239 g/mol. The summed E-state index contributed by atoms with van der Waals surface area (Å²) in [4.78, 5) is 24.8. The summed E-state index contributed by atoms with van der Waals surface area (Å²) in [6.07, 6.45) is 0.721. The van der Waals surface area contributed by atoms with Crippen LogP contribution in [0.15, 0.2) is 22.8 Å². The molecule has 1 saturated heterocycles. The van der Waals surface area contributed by atoms with Crippen LogP contribution in [0.5, 0.6) is 0 Å². The SMILES string of the molecule is COC(=O)C1CN(C(=O)c2ccco2)CCO1. The zero-order valence-corrected chi connectivity index (χ0v) is 9.42. The van der Waals surface area contributed by atoms with Crippen molar-refractivity contribution in [2.75, 3.05) is 26.8 Å². The minimum atomic E-state index is -0.715. The van der Waals surface area contributed by atoms with E-state index in [0.29, 0.717) is 13.2 Å². The van der Waals surface area contributed by atoms with Crippen LogP contribution in [-0.2, 0) is 14.3 Å². The summed E-state index contributed by atoms with van der Waals surface area (Å²) in [5.41, 5.74) is 0. The molecule has 92 valence electrons. The van der Waals surface area contributed by atoms with E-state index >= 15 is 0 Å². The molecule has 1 unspecified atom stereocenters. The Balaban J connectivity index is 2.02. The summed E-state index contributed by atoms with van der Waals surface area (Å²) in [6, 6.07) is 3.23. The van der Waals surface area contributed by atoms with Crippen LogP contribution < -0.4 is 0 Å². The van der Waals surface area contributed by atoms with Gasteiger partial charge in [0.25, 0.3) is 5.91 Å². The van der Waals surface area contributed by atoms with Crippen molar-refractivity contribution >= 4 is 11.9 Å². The lowest BCUT2D eigenvalue weighted by atomic mass is 10.2. The Hall–Kier alpha value is -1.82. The van der Waals surface area contributed by atoms with Crippen molar-refractivity contribution in [2.45, 2.75) is 6.10 Å². The van der Waals surface area contributed by atoms with Crippen molar-refractivity contribution in [1.82, 2.24) is 4.90 Å². The van der Waals surface area contributed by atoms with Gasteiger partial charge in [0.2, 0.25) is 0 Å². The molecule has 2 rings (SSSR count). The summed E-state index contributed by atoms with van der Waals surface area (Å²) < 4.78 is 14.8. The highest BCUT2D eigenvalue weighted by Gasteiger charge is 2.31. The summed E-state index contributed by atoms with van der Waals surface area (Å²) in [6.45, 7) is 0.936.